The topological polar surface area (TPSA) is 69.1 Å². The summed E-state index contributed by atoms with van der Waals surface area (Å²) in [5, 5.41) is 0.619. The number of halogens is 1. The maximum absolute atomic E-state index is 11.2. The second kappa shape index (κ2) is 4.84. The van der Waals surface area contributed by atoms with Gasteiger partial charge in [0.05, 0.1) is 5.92 Å². The minimum Gasteiger partial charge on any atom is -0.402 e. The number of allylic oxidation sites excluding steroid dienone is 1. The van der Waals surface area contributed by atoms with Crippen LogP contribution in [0.1, 0.15) is 17.9 Å². The molecule has 80 valence electrons. The summed E-state index contributed by atoms with van der Waals surface area (Å²) in [5.41, 5.74) is 12.0. The van der Waals surface area contributed by atoms with Crippen molar-refractivity contribution in [1.29, 1.82) is 0 Å². The molecule has 0 aromatic heterocycles. The molecule has 0 fully saturated rings. The van der Waals surface area contributed by atoms with Crippen LogP contribution in [0.4, 0.5) is 0 Å². The van der Waals surface area contributed by atoms with Gasteiger partial charge in [0.1, 0.15) is 0 Å². The fraction of sp³-hybridized carbons (Fsp3) is 0.182. The van der Waals surface area contributed by atoms with E-state index in [0.29, 0.717) is 17.1 Å². The van der Waals surface area contributed by atoms with Crippen LogP contribution in [0.15, 0.2) is 36.5 Å². The lowest BCUT2D eigenvalue weighted by molar-refractivity contribution is -0.119. The van der Waals surface area contributed by atoms with Crippen LogP contribution < -0.4 is 11.5 Å². The van der Waals surface area contributed by atoms with Gasteiger partial charge in [-0.3, -0.25) is 4.79 Å². The largest absolute Gasteiger partial charge is 0.402 e. The third kappa shape index (κ3) is 3.29. The molecule has 0 unspecified atom stereocenters. The molecule has 4 heteroatoms. The van der Waals surface area contributed by atoms with Crippen LogP contribution in [-0.2, 0) is 4.79 Å². The quantitative estimate of drug-likeness (QED) is 0.819. The third-order valence-electron chi connectivity index (χ3n) is 2.08. The van der Waals surface area contributed by atoms with Crippen molar-refractivity contribution in [3.63, 3.8) is 0 Å². The monoisotopic (exact) mass is 224 g/mol. The summed E-state index contributed by atoms with van der Waals surface area (Å²) in [7, 11) is 0. The van der Waals surface area contributed by atoms with Gasteiger partial charge in [-0.25, -0.2) is 0 Å². The average molecular weight is 225 g/mol. The molecule has 0 saturated carbocycles. The zero-order chi connectivity index (χ0) is 11.4. The van der Waals surface area contributed by atoms with Gasteiger partial charge in [0.2, 0.25) is 5.91 Å². The number of nitrogens with two attached hydrogens (primary N) is 2. The Morgan fingerprint density at radius 3 is 2.27 bits per heavy atom. The zero-order valence-electron chi connectivity index (χ0n) is 8.24. The molecule has 15 heavy (non-hydrogen) atoms. The van der Waals surface area contributed by atoms with E-state index in [1.165, 1.54) is 0 Å². The minimum atomic E-state index is -0.431. The van der Waals surface area contributed by atoms with Crippen LogP contribution in [0.2, 0.25) is 5.02 Å². The summed E-state index contributed by atoms with van der Waals surface area (Å²) >= 11 is 5.74. The van der Waals surface area contributed by atoms with Gasteiger partial charge in [-0.2, -0.15) is 0 Å². The van der Waals surface area contributed by atoms with E-state index in [1.807, 2.05) is 0 Å². The fourth-order valence-corrected chi connectivity index (χ4v) is 1.47. The third-order valence-corrected chi connectivity index (χ3v) is 2.33. The SMILES string of the molecule is C=C(N)C[C@H](C(N)=O)c1ccc(Cl)cc1. The van der Waals surface area contributed by atoms with Crippen molar-refractivity contribution in [2.75, 3.05) is 0 Å². The molecule has 0 aliphatic rings. The van der Waals surface area contributed by atoms with Crippen LogP contribution in [-0.4, -0.2) is 5.91 Å². The van der Waals surface area contributed by atoms with Gasteiger partial charge >= 0.3 is 0 Å². The van der Waals surface area contributed by atoms with Crippen LogP contribution >= 0.6 is 11.6 Å². The van der Waals surface area contributed by atoms with E-state index in [4.69, 9.17) is 23.1 Å². The molecule has 0 aliphatic heterocycles. The van der Waals surface area contributed by atoms with E-state index in [1.54, 1.807) is 24.3 Å². The number of primary amides is 1. The molecule has 0 radical (unpaired) electrons. The minimum absolute atomic E-state index is 0.358. The standard InChI is InChI=1S/C11H13ClN2O/c1-7(13)6-10(11(14)15)8-2-4-9(12)5-3-8/h2-5,10H,1,6,13H2,(H2,14,15)/t10-/m0/s1. The van der Waals surface area contributed by atoms with E-state index < -0.39 is 11.8 Å². The molecule has 1 aromatic carbocycles. The van der Waals surface area contributed by atoms with Crippen LogP contribution in [0.3, 0.4) is 0 Å². The molecule has 1 atom stereocenters. The zero-order valence-corrected chi connectivity index (χ0v) is 9.00. The Bertz CT molecular complexity index is 373. The van der Waals surface area contributed by atoms with Gasteiger partial charge in [-0.05, 0) is 17.7 Å². The van der Waals surface area contributed by atoms with Crippen LogP contribution in [0, 0.1) is 0 Å². The predicted molar refractivity (Wildman–Crippen MR) is 61.3 cm³/mol. The van der Waals surface area contributed by atoms with Gasteiger partial charge in [0.25, 0.3) is 0 Å². The molecule has 4 N–H and O–H groups in total. The Morgan fingerprint density at radius 2 is 1.87 bits per heavy atom. The van der Waals surface area contributed by atoms with Crippen molar-refractivity contribution in [2.24, 2.45) is 11.5 Å². The lowest BCUT2D eigenvalue weighted by atomic mass is 9.94. The van der Waals surface area contributed by atoms with Gasteiger partial charge < -0.3 is 11.5 Å². The number of hydrogen-bond acceptors (Lipinski definition) is 2. The molecule has 0 aliphatic carbocycles. The Hall–Kier alpha value is -1.48. The first-order chi connectivity index (χ1) is 7.00. The Labute approximate surface area is 93.7 Å². The molecule has 1 amide bonds. The molecule has 0 heterocycles. The maximum Gasteiger partial charge on any atom is 0.225 e. The van der Waals surface area contributed by atoms with Crippen LogP contribution in [0.5, 0.6) is 0 Å². The van der Waals surface area contributed by atoms with Crippen molar-refractivity contribution in [3.8, 4) is 0 Å². The number of benzene rings is 1. The molecule has 3 nitrogen and oxygen atoms in total. The lowest BCUT2D eigenvalue weighted by Gasteiger charge is -2.13. The number of amides is 1. The first-order valence-corrected chi connectivity index (χ1v) is 4.86. The second-order valence-electron chi connectivity index (χ2n) is 3.37. The van der Waals surface area contributed by atoms with Gasteiger partial charge in [-0.1, -0.05) is 30.3 Å². The fourth-order valence-electron chi connectivity index (χ4n) is 1.34. The van der Waals surface area contributed by atoms with Gasteiger partial charge in [0, 0.05) is 17.1 Å². The van der Waals surface area contributed by atoms with E-state index in [0.717, 1.165) is 5.56 Å². The molecule has 0 spiro atoms. The molecular weight excluding hydrogens is 212 g/mol. The first-order valence-electron chi connectivity index (χ1n) is 4.48. The summed E-state index contributed by atoms with van der Waals surface area (Å²) in [6.07, 6.45) is 0.358. The summed E-state index contributed by atoms with van der Waals surface area (Å²) in [5.74, 6) is -0.844. The lowest BCUT2D eigenvalue weighted by Crippen LogP contribution is -2.22. The highest BCUT2D eigenvalue weighted by molar-refractivity contribution is 6.30. The summed E-state index contributed by atoms with van der Waals surface area (Å²) < 4.78 is 0. The highest BCUT2D eigenvalue weighted by Gasteiger charge is 2.17. The summed E-state index contributed by atoms with van der Waals surface area (Å²) in [6.45, 7) is 3.56. The Kier molecular flexibility index (Phi) is 3.74. The predicted octanol–water partition coefficient (Wildman–Crippen LogP) is 1.77. The van der Waals surface area contributed by atoms with Crippen molar-refractivity contribution in [1.82, 2.24) is 0 Å². The highest BCUT2D eigenvalue weighted by Crippen LogP contribution is 2.22. The highest BCUT2D eigenvalue weighted by atomic mass is 35.5. The van der Waals surface area contributed by atoms with Gasteiger partial charge in [0.15, 0.2) is 0 Å². The van der Waals surface area contributed by atoms with Crippen LogP contribution in [0.25, 0.3) is 0 Å². The van der Waals surface area contributed by atoms with E-state index >= 15 is 0 Å². The van der Waals surface area contributed by atoms with Gasteiger partial charge in [-0.15, -0.1) is 0 Å². The first kappa shape index (κ1) is 11.6. The van der Waals surface area contributed by atoms with E-state index in [-0.39, 0.29) is 0 Å². The number of carbonyl (C=O) groups excluding carboxylic acids is 1. The number of hydrogen-bond donors (Lipinski definition) is 2. The summed E-state index contributed by atoms with van der Waals surface area (Å²) in [6, 6.07) is 6.96. The number of rotatable bonds is 4. The van der Waals surface area contributed by atoms with Crippen molar-refractivity contribution in [2.45, 2.75) is 12.3 Å². The van der Waals surface area contributed by atoms with Crippen molar-refractivity contribution >= 4 is 17.5 Å². The normalized spacial score (nSPS) is 12.1. The van der Waals surface area contributed by atoms with Crippen molar-refractivity contribution < 1.29 is 4.79 Å². The number of carbonyl (C=O) groups is 1. The van der Waals surface area contributed by atoms with E-state index in [2.05, 4.69) is 6.58 Å². The molecule has 0 bridgehead atoms. The van der Waals surface area contributed by atoms with E-state index in [9.17, 15) is 4.79 Å². The Balaban J connectivity index is 2.94. The molecular formula is C11H13ClN2O. The molecule has 1 rings (SSSR count). The Morgan fingerprint density at radius 1 is 1.33 bits per heavy atom. The smallest absolute Gasteiger partial charge is 0.225 e. The van der Waals surface area contributed by atoms with Crippen molar-refractivity contribution in [3.05, 3.63) is 47.1 Å². The molecule has 1 aromatic rings. The average Bonchev–Trinajstić information content (AvgIpc) is 2.15. The molecule has 0 saturated heterocycles. The maximum atomic E-state index is 11.2. The second-order valence-corrected chi connectivity index (χ2v) is 3.81. The summed E-state index contributed by atoms with van der Waals surface area (Å²) in [4.78, 5) is 11.2.